The monoisotopic (exact) mass is 380 g/mol. The standard InChI is InChI=1S/C25H24N4/c1-2-8-18(9-3-1)16-20-17-28-15-7-11-19-10-6-12-21(24(19)28)25(20)29-26-22-13-4-5-14-23(22)27-29/h1-6,8-10,12-14,20,25H,7,11,15-17H2/t20-,25+/m0/s1. The molecule has 4 nitrogen and oxygen atoms in total. The molecule has 3 aromatic carbocycles. The summed E-state index contributed by atoms with van der Waals surface area (Å²) in [6, 6.07) is 26.0. The van der Waals surface area contributed by atoms with E-state index in [2.05, 4.69) is 65.6 Å². The van der Waals surface area contributed by atoms with Crippen LogP contribution in [0.25, 0.3) is 11.0 Å². The van der Waals surface area contributed by atoms with Crippen molar-refractivity contribution >= 4 is 16.7 Å². The van der Waals surface area contributed by atoms with E-state index in [4.69, 9.17) is 10.2 Å². The van der Waals surface area contributed by atoms with Gasteiger partial charge in [0.15, 0.2) is 0 Å². The lowest BCUT2D eigenvalue weighted by Gasteiger charge is -2.44. The molecule has 0 fully saturated rings. The van der Waals surface area contributed by atoms with Crippen LogP contribution < -0.4 is 4.90 Å². The van der Waals surface area contributed by atoms with Gasteiger partial charge < -0.3 is 4.90 Å². The molecule has 0 aliphatic carbocycles. The molecule has 0 amide bonds. The van der Waals surface area contributed by atoms with Crippen LogP contribution in [0.4, 0.5) is 5.69 Å². The molecule has 2 atom stereocenters. The summed E-state index contributed by atoms with van der Waals surface area (Å²) in [5, 5.41) is 9.83. The van der Waals surface area contributed by atoms with E-state index in [1.165, 1.54) is 35.2 Å². The minimum atomic E-state index is 0.159. The van der Waals surface area contributed by atoms with Crippen molar-refractivity contribution < 1.29 is 0 Å². The maximum atomic E-state index is 4.91. The number of hydrogen-bond acceptors (Lipinski definition) is 3. The van der Waals surface area contributed by atoms with Gasteiger partial charge in [-0.1, -0.05) is 60.7 Å². The molecular weight excluding hydrogens is 356 g/mol. The fourth-order valence-corrected chi connectivity index (χ4v) is 5.24. The molecule has 4 heteroatoms. The zero-order valence-electron chi connectivity index (χ0n) is 16.4. The van der Waals surface area contributed by atoms with Crippen molar-refractivity contribution in [2.75, 3.05) is 18.0 Å². The second kappa shape index (κ2) is 6.73. The molecule has 2 aliphatic heterocycles. The maximum Gasteiger partial charge on any atom is 0.113 e. The number of benzene rings is 3. The van der Waals surface area contributed by atoms with E-state index in [0.717, 1.165) is 30.5 Å². The van der Waals surface area contributed by atoms with Crippen molar-refractivity contribution in [1.82, 2.24) is 15.0 Å². The van der Waals surface area contributed by atoms with E-state index >= 15 is 0 Å². The summed E-state index contributed by atoms with van der Waals surface area (Å²) in [5.74, 6) is 0.431. The minimum Gasteiger partial charge on any atom is -0.371 e. The Morgan fingerprint density at radius 2 is 1.59 bits per heavy atom. The van der Waals surface area contributed by atoms with Gasteiger partial charge in [-0.3, -0.25) is 0 Å². The number of rotatable bonds is 3. The normalized spacial score (nSPS) is 20.6. The van der Waals surface area contributed by atoms with Crippen LogP contribution in [0.2, 0.25) is 0 Å². The van der Waals surface area contributed by atoms with Gasteiger partial charge in [-0.25, -0.2) is 0 Å². The molecular formula is C25H24N4. The quantitative estimate of drug-likeness (QED) is 0.519. The second-order valence-corrected chi connectivity index (χ2v) is 8.31. The molecule has 0 saturated heterocycles. The van der Waals surface area contributed by atoms with E-state index in [1.54, 1.807) is 0 Å². The molecule has 3 heterocycles. The molecule has 0 bridgehead atoms. The van der Waals surface area contributed by atoms with Gasteiger partial charge in [0.25, 0.3) is 0 Å². The number of hydrogen-bond donors (Lipinski definition) is 0. The van der Waals surface area contributed by atoms with Crippen LogP contribution >= 0.6 is 0 Å². The summed E-state index contributed by atoms with van der Waals surface area (Å²) in [7, 11) is 0. The highest BCUT2D eigenvalue weighted by Crippen LogP contribution is 2.44. The minimum absolute atomic E-state index is 0.159. The van der Waals surface area contributed by atoms with Crippen LogP contribution in [0.15, 0.2) is 72.8 Å². The number of para-hydroxylation sites is 1. The lowest BCUT2D eigenvalue weighted by molar-refractivity contribution is 0.307. The molecule has 6 rings (SSSR count). The van der Waals surface area contributed by atoms with Gasteiger partial charge in [-0.05, 0) is 42.5 Å². The molecule has 0 spiro atoms. The molecule has 0 unspecified atom stereocenters. The van der Waals surface area contributed by atoms with Crippen LogP contribution in [0.1, 0.15) is 29.2 Å². The SMILES string of the molecule is c1ccc(C[C@H]2CN3CCCc4cccc(c43)[C@@H]2n2nc3ccccc3n2)cc1. The average molecular weight is 380 g/mol. The Hall–Kier alpha value is -3.14. The molecule has 4 aromatic rings. The third kappa shape index (κ3) is 2.82. The van der Waals surface area contributed by atoms with Gasteiger partial charge in [0.2, 0.25) is 0 Å². The first kappa shape index (κ1) is 16.8. The number of fused-ring (bicyclic) bond motifs is 1. The van der Waals surface area contributed by atoms with Crippen LogP contribution in [0, 0.1) is 5.92 Å². The van der Waals surface area contributed by atoms with E-state index in [9.17, 15) is 0 Å². The van der Waals surface area contributed by atoms with Crippen molar-refractivity contribution in [1.29, 1.82) is 0 Å². The van der Waals surface area contributed by atoms with E-state index < -0.39 is 0 Å². The summed E-state index contributed by atoms with van der Waals surface area (Å²) in [6.45, 7) is 2.21. The lowest BCUT2D eigenvalue weighted by atomic mass is 9.80. The van der Waals surface area contributed by atoms with Crippen LogP contribution in [-0.2, 0) is 12.8 Å². The summed E-state index contributed by atoms with van der Waals surface area (Å²) < 4.78 is 0. The fraction of sp³-hybridized carbons (Fsp3) is 0.280. The van der Waals surface area contributed by atoms with Gasteiger partial charge in [0, 0.05) is 30.3 Å². The number of aromatic nitrogens is 3. The zero-order valence-corrected chi connectivity index (χ0v) is 16.4. The van der Waals surface area contributed by atoms with Crippen molar-refractivity contribution in [3.8, 4) is 0 Å². The number of nitrogens with zero attached hydrogens (tertiary/aromatic N) is 4. The van der Waals surface area contributed by atoms with E-state index in [-0.39, 0.29) is 6.04 Å². The average Bonchev–Trinajstić information content (AvgIpc) is 3.18. The smallest absolute Gasteiger partial charge is 0.113 e. The fourth-order valence-electron chi connectivity index (χ4n) is 5.24. The Morgan fingerprint density at radius 3 is 2.38 bits per heavy atom. The Labute approximate surface area is 170 Å². The predicted molar refractivity (Wildman–Crippen MR) is 116 cm³/mol. The first-order valence-corrected chi connectivity index (χ1v) is 10.6. The second-order valence-electron chi connectivity index (χ2n) is 8.31. The third-order valence-corrected chi connectivity index (χ3v) is 6.45. The molecule has 29 heavy (non-hydrogen) atoms. The van der Waals surface area contributed by atoms with E-state index in [1.807, 2.05) is 16.9 Å². The Bertz CT molecular complexity index is 1130. The van der Waals surface area contributed by atoms with Gasteiger partial charge in [-0.2, -0.15) is 15.0 Å². The first-order chi connectivity index (χ1) is 14.4. The molecule has 2 aliphatic rings. The molecule has 0 N–H and O–H groups in total. The molecule has 1 aromatic heterocycles. The molecule has 0 radical (unpaired) electrons. The summed E-state index contributed by atoms with van der Waals surface area (Å²) >= 11 is 0. The van der Waals surface area contributed by atoms with Crippen LogP contribution in [0.5, 0.6) is 0 Å². The summed E-state index contributed by atoms with van der Waals surface area (Å²) in [4.78, 5) is 4.61. The Balaban J connectivity index is 1.51. The van der Waals surface area contributed by atoms with E-state index in [0.29, 0.717) is 5.92 Å². The highest BCUT2D eigenvalue weighted by Gasteiger charge is 2.38. The first-order valence-electron chi connectivity index (χ1n) is 10.6. The highest BCUT2D eigenvalue weighted by atomic mass is 15.5. The maximum absolute atomic E-state index is 4.91. The lowest BCUT2D eigenvalue weighted by Crippen LogP contribution is -2.44. The summed E-state index contributed by atoms with van der Waals surface area (Å²) in [6.07, 6.45) is 3.44. The summed E-state index contributed by atoms with van der Waals surface area (Å²) in [5.41, 5.74) is 7.63. The van der Waals surface area contributed by atoms with Gasteiger partial charge in [0.1, 0.15) is 17.1 Å². The molecule has 0 saturated carbocycles. The van der Waals surface area contributed by atoms with Crippen molar-refractivity contribution in [2.45, 2.75) is 25.3 Å². The van der Waals surface area contributed by atoms with Crippen molar-refractivity contribution in [2.24, 2.45) is 5.92 Å². The molecule has 144 valence electrons. The predicted octanol–water partition coefficient (Wildman–Crippen LogP) is 4.65. The third-order valence-electron chi connectivity index (χ3n) is 6.45. The van der Waals surface area contributed by atoms with Gasteiger partial charge in [-0.15, -0.1) is 0 Å². The largest absolute Gasteiger partial charge is 0.371 e. The number of anilines is 1. The Morgan fingerprint density at radius 1 is 0.828 bits per heavy atom. The van der Waals surface area contributed by atoms with Crippen LogP contribution in [-0.4, -0.2) is 28.1 Å². The van der Waals surface area contributed by atoms with Gasteiger partial charge >= 0.3 is 0 Å². The van der Waals surface area contributed by atoms with Crippen molar-refractivity contribution in [3.63, 3.8) is 0 Å². The highest BCUT2D eigenvalue weighted by molar-refractivity contribution is 5.73. The zero-order chi connectivity index (χ0) is 19.2. The van der Waals surface area contributed by atoms with Crippen LogP contribution in [0.3, 0.4) is 0 Å². The topological polar surface area (TPSA) is 34.0 Å². The van der Waals surface area contributed by atoms with Crippen molar-refractivity contribution in [3.05, 3.63) is 89.5 Å². The number of aryl methyl sites for hydroxylation is 1. The van der Waals surface area contributed by atoms with Gasteiger partial charge in [0.05, 0.1) is 0 Å². The Kier molecular flexibility index (Phi) is 3.89.